The van der Waals surface area contributed by atoms with Crippen molar-refractivity contribution in [3.63, 3.8) is 0 Å². The number of nitrogens with zero attached hydrogens (tertiary/aromatic N) is 3. The van der Waals surface area contributed by atoms with Crippen molar-refractivity contribution in [2.75, 3.05) is 48.7 Å². The lowest BCUT2D eigenvalue weighted by Crippen LogP contribution is -2.55. The van der Waals surface area contributed by atoms with Crippen molar-refractivity contribution < 1.29 is 22.3 Å². The maximum absolute atomic E-state index is 13.7. The molecule has 1 saturated heterocycles. The molecule has 1 atom stereocenters. The highest BCUT2D eigenvalue weighted by atomic mass is 32.2. The van der Waals surface area contributed by atoms with Gasteiger partial charge in [0.2, 0.25) is 15.9 Å². The Kier molecular flexibility index (Phi) is 6.50. The zero-order valence-electron chi connectivity index (χ0n) is 17.3. The van der Waals surface area contributed by atoms with Crippen LogP contribution in [0.2, 0.25) is 0 Å². The second-order valence-corrected chi connectivity index (χ2v) is 9.08. The molecule has 1 unspecified atom stereocenters. The molecule has 7 nitrogen and oxygen atoms in total. The predicted octanol–water partition coefficient (Wildman–Crippen LogP) is 2.34. The normalized spacial score (nSPS) is 15.6. The summed E-state index contributed by atoms with van der Waals surface area (Å²) in [6.07, 6.45) is 1.02. The Morgan fingerprint density at radius 3 is 2.27 bits per heavy atom. The van der Waals surface area contributed by atoms with Crippen molar-refractivity contribution in [1.82, 2.24) is 4.90 Å². The molecule has 1 amide bonds. The van der Waals surface area contributed by atoms with Crippen LogP contribution in [0.4, 0.5) is 15.8 Å². The van der Waals surface area contributed by atoms with Crippen molar-refractivity contribution >= 4 is 27.3 Å². The van der Waals surface area contributed by atoms with Gasteiger partial charge in [-0.1, -0.05) is 6.07 Å². The number of halogens is 1. The molecule has 0 N–H and O–H groups in total. The van der Waals surface area contributed by atoms with Gasteiger partial charge >= 0.3 is 0 Å². The summed E-state index contributed by atoms with van der Waals surface area (Å²) in [7, 11) is -2.17. The lowest BCUT2D eigenvalue weighted by Gasteiger charge is -2.39. The second-order valence-electron chi connectivity index (χ2n) is 7.23. The Morgan fingerprint density at radius 2 is 1.73 bits per heavy atom. The average Bonchev–Trinajstić information content (AvgIpc) is 2.72. The SMILES string of the molecule is COc1ccc(N2CCN(C(=O)C(C)N(c3cccc(F)c3)S(C)(=O)=O)CC2)cc1. The molecular formula is C21H26FN3O4S. The first-order chi connectivity index (χ1) is 14.2. The molecule has 2 aromatic rings. The molecule has 1 aliphatic heterocycles. The fourth-order valence-corrected chi connectivity index (χ4v) is 4.82. The summed E-state index contributed by atoms with van der Waals surface area (Å²) in [5, 5.41) is 0. The molecule has 2 aromatic carbocycles. The minimum Gasteiger partial charge on any atom is -0.497 e. The van der Waals surface area contributed by atoms with Crippen molar-refractivity contribution in [3.8, 4) is 5.75 Å². The molecule has 1 aliphatic rings. The maximum atomic E-state index is 13.7. The third-order valence-corrected chi connectivity index (χ3v) is 6.40. The van der Waals surface area contributed by atoms with Gasteiger partial charge in [-0.15, -0.1) is 0 Å². The summed E-state index contributed by atoms with van der Waals surface area (Å²) in [5.74, 6) is -0.0902. The lowest BCUT2D eigenvalue weighted by molar-refractivity contribution is -0.132. The Morgan fingerprint density at radius 1 is 1.10 bits per heavy atom. The largest absolute Gasteiger partial charge is 0.497 e. The number of hydrogen-bond donors (Lipinski definition) is 0. The van der Waals surface area contributed by atoms with Crippen LogP contribution in [-0.4, -0.2) is 64.8 Å². The first-order valence-corrected chi connectivity index (χ1v) is 11.5. The minimum absolute atomic E-state index is 0.134. The van der Waals surface area contributed by atoms with E-state index in [2.05, 4.69) is 4.90 Å². The van der Waals surface area contributed by atoms with E-state index in [9.17, 15) is 17.6 Å². The molecule has 162 valence electrons. The number of rotatable bonds is 6. The highest BCUT2D eigenvalue weighted by Crippen LogP contribution is 2.24. The van der Waals surface area contributed by atoms with E-state index in [1.807, 2.05) is 24.3 Å². The van der Waals surface area contributed by atoms with Gasteiger partial charge in [0.25, 0.3) is 0 Å². The van der Waals surface area contributed by atoms with Crippen LogP contribution in [-0.2, 0) is 14.8 Å². The van der Waals surface area contributed by atoms with Gasteiger partial charge in [-0.05, 0) is 49.4 Å². The number of methoxy groups -OCH3 is 1. The summed E-state index contributed by atoms with van der Waals surface area (Å²) in [6, 6.07) is 12.0. The van der Waals surface area contributed by atoms with Crippen LogP contribution in [0.25, 0.3) is 0 Å². The Labute approximate surface area is 176 Å². The molecular weight excluding hydrogens is 409 g/mol. The summed E-state index contributed by atoms with van der Waals surface area (Å²) in [5.41, 5.74) is 1.17. The standard InChI is InChI=1S/C21H26FN3O4S/c1-16(25(30(3,27)28)19-6-4-5-17(22)15-19)21(26)24-13-11-23(12-14-24)18-7-9-20(29-2)10-8-18/h4-10,15-16H,11-14H2,1-3H3. The molecule has 0 spiro atoms. The van der Waals surface area contributed by atoms with E-state index in [1.165, 1.54) is 25.1 Å². The molecule has 30 heavy (non-hydrogen) atoms. The van der Waals surface area contributed by atoms with Gasteiger partial charge in [-0.3, -0.25) is 9.10 Å². The minimum atomic E-state index is -3.78. The summed E-state index contributed by atoms with van der Waals surface area (Å²) >= 11 is 0. The zero-order chi connectivity index (χ0) is 21.9. The van der Waals surface area contributed by atoms with Gasteiger partial charge in [0.15, 0.2) is 0 Å². The Bertz CT molecular complexity index is 990. The molecule has 0 aliphatic carbocycles. The highest BCUT2D eigenvalue weighted by molar-refractivity contribution is 7.92. The van der Waals surface area contributed by atoms with Crippen LogP contribution in [0.15, 0.2) is 48.5 Å². The van der Waals surface area contributed by atoms with Gasteiger partial charge in [0, 0.05) is 31.9 Å². The molecule has 1 fully saturated rings. The Hall–Kier alpha value is -2.81. The zero-order valence-corrected chi connectivity index (χ0v) is 18.1. The third kappa shape index (κ3) is 4.84. The number of ether oxygens (including phenoxy) is 1. The van der Waals surface area contributed by atoms with Gasteiger partial charge in [-0.25, -0.2) is 12.8 Å². The average molecular weight is 436 g/mol. The van der Waals surface area contributed by atoms with E-state index in [1.54, 1.807) is 12.0 Å². The number of amides is 1. The van der Waals surface area contributed by atoms with Gasteiger partial charge in [0.1, 0.15) is 17.6 Å². The quantitative estimate of drug-likeness (QED) is 0.697. The van der Waals surface area contributed by atoms with E-state index in [0.717, 1.165) is 28.1 Å². The third-order valence-electron chi connectivity index (χ3n) is 5.16. The van der Waals surface area contributed by atoms with Crippen molar-refractivity contribution in [2.45, 2.75) is 13.0 Å². The molecule has 1 heterocycles. The topological polar surface area (TPSA) is 70.2 Å². The van der Waals surface area contributed by atoms with Crippen LogP contribution in [0.5, 0.6) is 5.75 Å². The number of hydrogen-bond acceptors (Lipinski definition) is 5. The number of piperazine rings is 1. The van der Waals surface area contributed by atoms with Gasteiger partial charge < -0.3 is 14.5 Å². The molecule has 0 saturated carbocycles. The van der Waals surface area contributed by atoms with Gasteiger partial charge in [0.05, 0.1) is 19.1 Å². The van der Waals surface area contributed by atoms with E-state index in [4.69, 9.17) is 4.74 Å². The number of carbonyl (C=O) groups excluding carboxylic acids is 1. The first-order valence-electron chi connectivity index (χ1n) is 9.63. The number of carbonyl (C=O) groups is 1. The van der Waals surface area contributed by atoms with E-state index >= 15 is 0 Å². The van der Waals surface area contributed by atoms with Crippen molar-refractivity contribution in [3.05, 3.63) is 54.3 Å². The number of sulfonamides is 1. The smallest absolute Gasteiger partial charge is 0.246 e. The van der Waals surface area contributed by atoms with Crippen LogP contribution in [0.1, 0.15) is 6.92 Å². The summed E-state index contributed by atoms with van der Waals surface area (Å²) in [4.78, 5) is 16.9. The van der Waals surface area contributed by atoms with Crippen LogP contribution in [0.3, 0.4) is 0 Å². The Balaban J connectivity index is 1.71. The molecule has 0 bridgehead atoms. The van der Waals surface area contributed by atoms with Crippen molar-refractivity contribution in [1.29, 1.82) is 0 Å². The fourth-order valence-electron chi connectivity index (χ4n) is 3.66. The number of anilines is 2. The van der Waals surface area contributed by atoms with Crippen molar-refractivity contribution in [2.24, 2.45) is 0 Å². The second kappa shape index (κ2) is 8.91. The van der Waals surface area contributed by atoms with Crippen LogP contribution >= 0.6 is 0 Å². The lowest BCUT2D eigenvalue weighted by atomic mass is 10.2. The molecule has 3 rings (SSSR count). The van der Waals surface area contributed by atoms with Gasteiger partial charge in [-0.2, -0.15) is 0 Å². The monoisotopic (exact) mass is 435 g/mol. The predicted molar refractivity (Wildman–Crippen MR) is 115 cm³/mol. The number of benzene rings is 2. The summed E-state index contributed by atoms with van der Waals surface area (Å²) in [6.45, 7) is 3.73. The first kappa shape index (κ1) is 21.9. The fraction of sp³-hybridized carbons (Fsp3) is 0.381. The highest BCUT2D eigenvalue weighted by Gasteiger charge is 2.33. The van der Waals surface area contributed by atoms with E-state index in [0.29, 0.717) is 26.2 Å². The van der Waals surface area contributed by atoms with Crippen LogP contribution in [0, 0.1) is 5.82 Å². The molecule has 9 heteroatoms. The van der Waals surface area contributed by atoms with E-state index in [-0.39, 0.29) is 11.6 Å². The van der Waals surface area contributed by atoms with E-state index < -0.39 is 21.9 Å². The van der Waals surface area contributed by atoms with Crippen LogP contribution < -0.4 is 13.9 Å². The molecule has 0 radical (unpaired) electrons. The summed E-state index contributed by atoms with van der Waals surface area (Å²) < 4.78 is 44.6. The molecule has 0 aromatic heterocycles. The maximum Gasteiger partial charge on any atom is 0.246 e.